The van der Waals surface area contributed by atoms with E-state index in [9.17, 15) is 14.7 Å². The molecule has 0 bridgehead atoms. The lowest BCUT2D eigenvalue weighted by molar-refractivity contribution is 0.0698. The van der Waals surface area contributed by atoms with Gasteiger partial charge in [0.25, 0.3) is 5.91 Å². The number of hydrogen-bond donors (Lipinski definition) is 2. The molecule has 25 heavy (non-hydrogen) atoms. The van der Waals surface area contributed by atoms with Gasteiger partial charge in [0.1, 0.15) is 0 Å². The molecule has 4 nitrogen and oxygen atoms in total. The summed E-state index contributed by atoms with van der Waals surface area (Å²) >= 11 is 7.53. The summed E-state index contributed by atoms with van der Waals surface area (Å²) in [6.45, 7) is 1.70. The highest BCUT2D eigenvalue weighted by molar-refractivity contribution is 7.13. The maximum Gasteiger partial charge on any atom is 0.337 e. The van der Waals surface area contributed by atoms with Gasteiger partial charge in [0, 0.05) is 15.5 Å². The van der Waals surface area contributed by atoms with Gasteiger partial charge in [0.15, 0.2) is 0 Å². The second-order valence-electron chi connectivity index (χ2n) is 5.46. The summed E-state index contributed by atoms with van der Waals surface area (Å²) in [5, 5.41) is 14.3. The number of rotatable bonds is 4. The second kappa shape index (κ2) is 7.09. The summed E-state index contributed by atoms with van der Waals surface area (Å²) in [4.78, 5) is 25.0. The van der Waals surface area contributed by atoms with E-state index < -0.39 is 5.97 Å². The molecule has 6 heteroatoms. The van der Waals surface area contributed by atoms with Crippen LogP contribution in [0.2, 0.25) is 5.02 Å². The number of aromatic carboxylic acids is 1. The Morgan fingerprint density at radius 1 is 1.12 bits per heavy atom. The zero-order valence-corrected chi connectivity index (χ0v) is 14.8. The van der Waals surface area contributed by atoms with Crippen LogP contribution in [0.3, 0.4) is 0 Å². The van der Waals surface area contributed by atoms with E-state index in [4.69, 9.17) is 11.6 Å². The predicted molar refractivity (Wildman–Crippen MR) is 101 cm³/mol. The number of benzene rings is 2. The van der Waals surface area contributed by atoms with E-state index in [1.165, 1.54) is 6.07 Å². The van der Waals surface area contributed by atoms with Crippen LogP contribution < -0.4 is 5.32 Å². The van der Waals surface area contributed by atoms with Crippen LogP contribution in [0, 0.1) is 6.92 Å². The van der Waals surface area contributed by atoms with Crippen LogP contribution in [0.4, 0.5) is 5.69 Å². The van der Waals surface area contributed by atoms with E-state index >= 15 is 0 Å². The van der Waals surface area contributed by atoms with E-state index in [1.807, 2.05) is 29.6 Å². The predicted octanol–water partition coefficient (Wildman–Crippen LogP) is 5.33. The van der Waals surface area contributed by atoms with Gasteiger partial charge >= 0.3 is 5.97 Å². The normalized spacial score (nSPS) is 10.5. The Kier molecular flexibility index (Phi) is 4.88. The first kappa shape index (κ1) is 17.2. The van der Waals surface area contributed by atoms with E-state index in [2.05, 4.69) is 5.32 Å². The Morgan fingerprint density at radius 2 is 1.84 bits per heavy atom. The van der Waals surface area contributed by atoms with Crippen molar-refractivity contribution in [1.29, 1.82) is 0 Å². The van der Waals surface area contributed by atoms with E-state index in [0.29, 0.717) is 16.1 Å². The van der Waals surface area contributed by atoms with Crippen LogP contribution in [0.5, 0.6) is 0 Å². The van der Waals surface area contributed by atoms with Crippen molar-refractivity contribution in [3.05, 3.63) is 75.6 Å². The van der Waals surface area contributed by atoms with Crippen LogP contribution in [0.1, 0.15) is 26.3 Å². The molecule has 2 aromatic carbocycles. The van der Waals surface area contributed by atoms with Crippen molar-refractivity contribution in [1.82, 2.24) is 0 Å². The zero-order chi connectivity index (χ0) is 18.0. The van der Waals surface area contributed by atoms with E-state index in [0.717, 1.165) is 10.4 Å². The molecular formula is C19H14ClNO3S. The molecular weight excluding hydrogens is 358 g/mol. The number of nitrogens with one attached hydrogen (secondary N) is 1. The van der Waals surface area contributed by atoms with Crippen molar-refractivity contribution in [3.63, 3.8) is 0 Å². The largest absolute Gasteiger partial charge is 0.478 e. The minimum absolute atomic E-state index is 0.0337. The van der Waals surface area contributed by atoms with Crippen molar-refractivity contribution in [2.45, 2.75) is 6.92 Å². The highest BCUT2D eigenvalue weighted by Crippen LogP contribution is 2.27. The molecule has 0 fully saturated rings. The Hall–Kier alpha value is -2.63. The van der Waals surface area contributed by atoms with Gasteiger partial charge in [-0.1, -0.05) is 29.8 Å². The number of amides is 1. The zero-order valence-electron chi connectivity index (χ0n) is 13.2. The number of carbonyl (C=O) groups excluding carboxylic acids is 1. The third-order valence-corrected chi connectivity index (χ3v) is 4.86. The fourth-order valence-corrected chi connectivity index (χ4v) is 3.50. The molecule has 2 N–H and O–H groups in total. The highest BCUT2D eigenvalue weighted by atomic mass is 35.5. The topological polar surface area (TPSA) is 66.4 Å². The van der Waals surface area contributed by atoms with Gasteiger partial charge in [-0.15, -0.1) is 11.3 Å². The molecule has 1 heterocycles. The number of aryl methyl sites for hydroxylation is 1. The molecule has 1 amide bonds. The molecule has 0 aliphatic rings. The molecule has 0 radical (unpaired) electrons. The van der Waals surface area contributed by atoms with Crippen LogP contribution in [-0.4, -0.2) is 17.0 Å². The van der Waals surface area contributed by atoms with Gasteiger partial charge in [-0.05, 0) is 53.8 Å². The Labute approximate surface area is 153 Å². The average Bonchev–Trinajstić information content (AvgIpc) is 3.11. The van der Waals surface area contributed by atoms with Crippen LogP contribution in [0.15, 0.2) is 53.9 Å². The van der Waals surface area contributed by atoms with Gasteiger partial charge in [-0.3, -0.25) is 4.79 Å². The molecule has 1 aromatic heterocycles. The molecule has 0 saturated carbocycles. The Bertz CT molecular complexity index is 934. The van der Waals surface area contributed by atoms with Crippen molar-refractivity contribution >= 4 is 40.5 Å². The van der Waals surface area contributed by atoms with E-state index in [-0.39, 0.29) is 17.2 Å². The molecule has 3 rings (SSSR count). The van der Waals surface area contributed by atoms with Crippen LogP contribution in [-0.2, 0) is 0 Å². The van der Waals surface area contributed by atoms with Gasteiger partial charge < -0.3 is 10.4 Å². The maximum absolute atomic E-state index is 12.5. The monoisotopic (exact) mass is 371 g/mol. The summed E-state index contributed by atoms with van der Waals surface area (Å²) in [5.74, 6) is -1.51. The number of halogens is 1. The van der Waals surface area contributed by atoms with Crippen molar-refractivity contribution in [2.24, 2.45) is 0 Å². The lowest BCUT2D eigenvalue weighted by Crippen LogP contribution is -2.16. The fraction of sp³-hybridized carbons (Fsp3) is 0.0526. The standard InChI is InChI=1S/C19H14ClNO3S/c1-11-9-14(20)10-15(19(23)24)17(11)21-18(22)13-6-4-12(5-7-13)16-3-2-8-25-16/h2-10H,1H3,(H,21,22)(H,23,24). The minimum atomic E-state index is -1.14. The van der Waals surface area contributed by atoms with Gasteiger partial charge in [-0.25, -0.2) is 4.79 Å². The summed E-state index contributed by atoms with van der Waals surface area (Å²) in [7, 11) is 0. The maximum atomic E-state index is 12.5. The van der Waals surface area contributed by atoms with Crippen molar-refractivity contribution in [2.75, 3.05) is 5.32 Å². The summed E-state index contributed by atoms with van der Waals surface area (Å²) in [6, 6.07) is 14.1. The van der Waals surface area contributed by atoms with Crippen LogP contribution in [0.25, 0.3) is 10.4 Å². The molecule has 0 spiro atoms. The Balaban J connectivity index is 1.87. The smallest absolute Gasteiger partial charge is 0.337 e. The van der Waals surface area contributed by atoms with Gasteiger partial charge in [0.05, 0.1) is 11.3 Å². The number of carbonyl (C=O) groups is 2. The second-order valence-corrected chi connectivity index (χ2v) is 6.84. The van der Waals surface area contributed by atoms with Crippen molar-refractivity contribution < 1.29 is 14.7 Å². The molecule has 0 saturated heterocycles. The first-order chi connectivity index (χ1) is 12.0. The molecule has 126 valence electrons. The first-order valence-corrected chi connectivity index (χ1v) is 8.70. The fourth-order valence-electron chi connectivity index (χ4n) is 2.49. The first-order valence-electron chi connectivity index (χ1n) is 7.44. The minimum Gasteiger partial charge on any atom is -0.478 e. The highest BCUT2D eigenvalue weighted by Gasteiger charge is 2.17. The summed E-state index contributed by atoms with van der Waals surface area (Å²) in [6.07, 6.45) is 0. The van der Waals surface area contributed by atoms with Gasteiger partial charge in [0.2, 0.25) is 0 Å². The number of carboxylic acids is 1. The Morgan fingerprint density at radius 3 is 2.44 bits per heavy atom. The lowest BCUT2D eigenvalue weighted by Gasteiger charge is -2.12. The number of hydrogen-bond acceptors (Lipinski definition) is 3. The van der Waals surface area contributed by atoms with E-state index in [1.54, 1.807) is 36.5 Å². The lowest BCUT2D eigenvalue weighted by atomic mass is 10.1. The van der Waals surface area contributed by atoms with Gasteiger partial charge in [-0.2, -0.15) is 0 Å². The van der Waals surface area contributed by atoms with Crippen LogP contribution >= 0.6 is 22.9 Å². The number of thiophene rings is 1. The number of anilines is 1. The molecule has 0 unspecified atom stereocenters. The average molecular weight is 372 g/mol. The molecule has 0 aliphatic heterocycles. The third-order valence-electron chi connectivity index (χ3n) is 3.72. The van der Waals surface area contributed by atoms with Crippen molar-refractivity contribution in [3.8, 4) is 10.4 Å². The summed E-state index contributed by atoms with van der Waals surface area (Å²) in [5.41, 5.74) is 2.29. The molecule has 0 aliphatic carbocycles. The third kappa shape index (κ3) is 3.73. The SMILES string of the molecule is Cc1cc(Cl)cc(C(=O)O)c1NC(=O)c1ccc(-c2cccs2)cc1. The molecule has 0 atom stereocenters. The number of carboxylic acid groups (broad SMARTS) is 1. The summed E-state index contributed by atoms with van der Waals surface area (Å²) < 4.78 is 0. The molecule has 3 aromatic rings. The quantitative estimate of drug-likeness (QED) is 0.651.